The summed E-state index contributed by atoms with van der Waals surface area (Å²) in [5, 5.41) is 9.60. The molecule has 6 rings (SSSR count). The first-order valence-electron chi connectivity index (χ1n) is 11.1. The molecule has 0 amide bonds. The molecule has 0 radical (unpaired) electrons. The molecule has 2 aliphatic rings. The van der Waals surface area contributed by atoms with Gasteiger partial charge in [-0.25, -0.2) is 9.67 Å². The molecule has 1 aliphatic carbocycles. The molecule has 7 heteroatoms. The fourth-order valence-electron chi connectivity index (χ4n) is 4.55. The van der Waals surface area contributed by atoms with Crippen molar-refractivity contribution in [2.75, 3.05) is 5.73 Å². The highest BCUT2D eigenvalue weighted by atomic mass is 16.5. The van der Waals surface area contributed by atoms with Gasteiger partial charge in [0.2, 0.25) is 0 Å². The van der Waals surface area contributed by atoms with Gasteiger partial charge >= 0.3 is 0 Å². The van der Waals surface area contributed by atoms with Gasteiger partial charge in [-0.15, -0.1) is 0 Å². The largest absolute Gasteiger partial charge is 0.485 e. The smallest absolute Gasteiger partial charge is 0.166 e. The van der Waals surface area contributed by atoms with Crippen molar-refractivity contribution in [1.29, 1.82) is 0 Å². The van der Waals surface area contributed by atoms with E-state index in [9.17, 15) is 0 Å². The quantitative estimate of drug-likeness (QED) is 0.519. The molecular weight excluding hydrogens is 400 g/mol. The van der Waals surface area contributed by atoms with Crippen LogP contribution < -0.4 is 10.5 Å². The van der Waals surface area contributed by atoms with Crippen LogP contribution in [-0.2, 0) is 19.6 Å². The van der Waals surface area contributed by atoms with Gasteiger partial charge in [0.05, 0.1) is 23.3 Å². The molecule has 0 unspecified atom stereocenters. The molecule has 32 heavy (non-hydrogen) atoms. The van der Waals surface area contributed by atoms with Gasteiger partial charge in [0, 0.05) is 41.5 Å². The van der Waals surface area contributed by atoms with Gasteiger partial charge in [-0.2, -0.15) is 10.2 Å². The van der Waals surface area contributed by atoms with Crippen molar-refractivity contribution < 1.29 is 4.74 Å². The summed E-state index contributed by atoms with van der Waals surface area (Å²) in [6.07, 6.45) is 7.09. The summed E-state index contributed by atoms with van der Waals surface area (Å²) >= 11 is 0. The number of aryl methyl sites for hydroxylation is 2. The Kier molecular flexibility index (Phi) is 4.31. The van der Waals surface area contributed by atoms with Crippen molar-refractivity contribution in [2.24, 2.45) is 5.92 Å². The lowest BCUT2D eigenvalue weighted by atomic mass is 10.0. The lowest BCUT2D eigenvalue weighted by Crippen LogP contribution is -2.11. The van der Waals surface area contributed by atoms with Crippen molar-refractivity contribution in [3.8, 4) is 22.7 Å². The summed E-state index contributed by atoms with van der Waals surface area (Å²) in [6, 6.07) is 10.5. The molecule has 0 saturated heterocycles. The van der Waals surface area contributed by atoms with Crippen LogP contribution in [0.15, 0.2) is 42.7 Å². The number of rotatable bonds is 2. The van der Waals surface area contributed by atoms with Gasteiger partial charge in [0.25, 0.3) is 0 Å². The first-order chi connectivity index (χ1) is 15.5. The fraction of sp³-hybridized carbons (Fsp3) is 0.320. The van der Waals surface area contributed by atoms with Crippen LogP contribution in [0.5, 0.6) is 5.75 Å². The lowest BCUT2D eigenvalue weighted by Gasteiger charge is -2.18. The number of aromatic nitrogens is 5. The van der Waals surface area contributed by atoms with E-state index in [1.165, 1.54) is 18.4 Å². The van der Waals surface area contributed by atoms with E-state index in [2.05, 4.69) is 40.9 Å². The van der Waals surface area contributed by atoms with Crippen molar-refractivity contribution in [2.45, 2.75) is 46.3 Å². The Morgan fingerprint density at radius 2 is 1.97 bits per heavy atom. The normalized spacial score (nSPS) is 15.1. The van der Waals surface area contributed by atoms with E-state index in [0.29, 0.717) is 24.1 Å². The SMILES string of the molecule is Cc1ccc2c(c1)COc1cc(cnc1N)-c1c(cnn1CC1CC1)Cc1cc(C)nn1-2. The number of hydrogen-bond acceptors (Lipinski definition) is 5. The molecule has 0 atom stereocenters. The zero-order chi connectivity index (χ0) is 21.8. The van der Waals surface area contributed by atoms with E-state index < -0.39 is 0 Å². The first kappa shape index (κ1) is 19.1. The zero-order valence-electron chi connectivity index (χ0n) is 18.4. The molecule has 162 valence electrons. The second kappa shape index (κ2) is 7.22. The summed E-state index contributed by atoms with van der Waals surface area (Å²) in [4.78, 5) is 4.46. The maximum absolute atomic E-state index is 6.22. The summed E-state index contributed by atoms with van der Waals surface area (Å²) in [7, 11) is 0. The van der Waals surface area contributed by atoms with Crippen LogP contribution >= 0.6 is 0 Å². The summed E-state index contributed by atoms with van der Waals surface area (Å²) < 4.78 is 10.4. The van der Waals surface area contributed by atoms with E-state index >= 15 is 0 Å². The van der Waals surface area contributed by atoms with Crippen LogP contribution in [0, 0.1) is 19.8 Å². The third-order valence-corrected chi connectivity index (χ3v) is 6.32. The van der Waals surface area contributed by atoms with Crippen molar-refractivity contribution in [1.82, 2.24) is 24.5 Å². The second-order valence-electron chi connectivity index (χ2n) is 9.04. The van der Waals surface area contributed by atoms with Gasteiger partial charge in [0.1, 0.15) is 6.61 Å². The van der Waals surface area contributed by atoms with Crippen LogP contribution in [-0.4, -0.2) is 24.5 Å². The van der Waals surface area contributed by atoms with Gasteiger partial charge in [-0.1, -0.05) is 17.7 Å². The van der Waals surface area contributed by atoms with Gasteiger partial charge in [-0.05, 0) is 50.8 Å². The minimum Gasteiger partial charge on any atom is -0.485 e. The topological polar surface area (TPSA) is 83.8 Å². The van der Waals surface area contributed by atoms with Crippen LogP contribution in [0.3, 0.4) is 0 Å². The van der Waals surface area contributed by atoms with E-state index in [4.69, 9.17) is 20.7 Å². The third-order valence-electron chi connectivity index (χ3n) is 6.32. The molecule has 4 aromatic rings. The highest BCUT2D eigenvalue weighted by Gasteiger charge is 2.26. The zero-order valence-corrected chi connectivity index (χ0v) is 18.4. The third kappa shape index (κ3) is 3.34. The van der Waals surface area contributed by atoms with E-state index in [-0.39, 0.29) is 0 Å². The van der Waals surface area contributed by atoms with Crippen LogP contribution in [0.4, 0.5) is 5.82 Å². The summed E-state index contributed by atoms with van der Waals surface area (Å²) in [5.41, 5.74) is 14.8. The molecule has 3 aromatic heterocycles. The minimum atomic E-state index is 0.388. The molecule has 2 N–H and O–H groups in total. The first-order valence-corrected chi connectivity index (χ1v) is 11.1. The minimum absolute atomic E-state index is 0.388. The Morgan fingerprint density at radius 3 is 2.81 bits per heavy atom. The number of nitrogens with two attached hydrogens (primary N) is 1. The highest BCUT2D eigenvalue weighted by molar-refractivity contribution is 5.67. The number of pyridine rings is 1. The Bertz CT molecular complexity index is 1330. The summed E-state index contributed by atoms with van der Waals surface area (Å²) in [5.74, 6) is 1.70. The van der Waals surface area contributed by atoms with E-state index in [0.717, 1.165) is 52.4 Å². The number of anilines is 1. The van der Waals surface area contributed by atoms with Gasteiger partial charge in [-0.3, -0.25) is 4.68 Å². The average molecular weight is 427 g/mol. The molecular formula is C25H26N6O. The van der Waals surface area contributed by atoms with Crippen molar-refractivity contribution >= 4 is 5.82 Å². The second-order valence-corrected chi connectivity index (χ2v) is 9.04. The Morgan fingerprint density at radius 1 is 1.09 bits per heavy atom. The standard InChI is InChI=1S/C25H26N6O/c1-15-3-6-22-20(7-15)14-32-23-10-19(11-27-25(23)26)24-18(9-21-8-16(2)29-31(21)22)12-28-30(24)13-17-4-5-17/h3,6-8,10-12,17H,4-5,9,13-14H2,1-2H3,(H2,26,27). The Labute approximate surface area is 186 Å². The number of benzene rings is 1. The predicted octanol–water partition coefficient (Wildman–Crippen LogP) is 4.22. The maximum atomic E-state index is 6.22. The van der Waals surface area contributed by atoms with Crippen molar-refractivity contribution in [3.05, 3.63) is 70.8 Å². The lowest BCUT2D eigenvalue weighted by molar-refractivity contribution is 0.306. The van der Waals surface area contributed by atoms with Crippen molar-refractivity contribution in [3.63, 3.8) is 0 Å². The number of fused-ring (bicyclic) bond motifs is 7. The van der Waals surface area contributed by atoms with Crippen LogP contribution in [0.2, 0.25) is 0 Å². The van der Waals surface area contributed by atoms with Crippen LogP contribution in [0.25, 0.3) is 16.9 Å². The number of ether oxygens (including phenoxy) is 1. The molecule has 1 saturated carbocycles. The molecule has 1 fully saturated rings. The highest BCUT2D eigenvalue weighted by Crippen LogP contribution is 2.36. The molecule has 2 bridgehead atoms. The van der Waals surface area contributed by atoms with Gasteiger partial charge in [0.15, 0.2) is 11.6 Å². The van der Waals surface area contributed by atoms with Crippen LogP contribution in [0.1, 0.15) is 40.9 Å². The maximum Gasteiger partial charge on any atom is 0.166 e. The molecule has 1 aliphatic heterocycles. The van der Waals surface area contributed by atoms with E-state index in [1.807, 2.05) is 30.1 Å². The molecule has 0 spiro atoms. The predicted molar refractivity (Wildman–Crippen MR) is 123 cm³/mol. The van der Waals surface area contributed by atoms with Gasteiger partial charge < -0.3 is 10.5 Å². The number of hydrogen-bond donors (Lipinski definition) is 1. The Balaban J connectivity index is 1.57. The Hall–Kier alpha value is -3.61. The van der Waals surface area contributed by atoms with E-state index in [1.54, 1.807) is 0 Å². The molecule has 7 nitrogen and oxygen atoms in total. The number of nitrogens with zero attached hydrogens (tertiary/aromatic N) is 5. The molecule has 4 heterocycles. The fourth-order valence-corrected chi connectivity index (χ4v) is 4.55. The molecule has 1 aromatic carbocycles. The monoisotopic (exact) mass is 426 g/mol. The average Bonchev–Trinajstić information content (AvgIpc) is 3.39. The summed E-state index contributed by atoms with van der Waals surface area (Å²) in [6.45, 7) is 5.44. The number of nitrogen functional groups attached to an aromatic ring is 1.